The predicted octanol–water partition coefficient (Wildman–Crippen LogP) is 1.33. The van der Waals surface area contributed by atoms with E-state index in [0.717, 1.165) is 12.1 Å². The zero-order chi connectivity index (χ0) is 14.2. The number of fused-ring (bicyclic) bond motifs is 1. The lowest BCUT2D eigenvalue weighted by Crippen LogP contribution is -2.09. The summed E-state index contributed by atoms with van der Waals surface area (Å²) in [6.07, 6.45) is 1.22. The van der Waals surface area contributed by atoms with Gasteiger partial charge in [0.25, 0.3) is 0 Å². The van der Waals surface area contributed by atoms with Crippen molar-refractivity contribution >= 4 is 28.8 Å². The molecule has 2 rings (SSSR count). The second-order valence-corrected chi connectivity index (χ2v) is 3.69. The standard InChI is InChI=1S/C12H7NO6/c14-10(15)5-1-2-13-9-4-8(12(18)19)7(11(16)17)3-6(5)9/h1-4H,(H,14,15)(H,16,17)(H,18,19). The van der Waals surface area contributed by atoms with Crippen LogP contribution in [0.1, 0.15) is 31.1 Å². The van der Waals surface area contributed by atoms with Gasteiger partial charge in [0.2, 0.25) is 0 Å². The number of hydrogen-bond donors (Lipinski definition) is 3. The van der Waals surface area contributed by atoms with E-state index < -0.39 is 29.0 Å². The largest absolute Gasteiger partial charge is 0.478 e. The maximum absolute atomic E-state index is 11.0. The smallest absolute Gasteiger partial charge is 0.336 e. The summed E-state index contributed by atoms with van der Waals surface area (Å²) in [7, 11) is 0. The number of carboxylic acid groups (broad SMARTS) is 3. The van der Waals surface area contributed by atoms with Crippen molar-refractivity contribution in [1.82, 2.24) is 4.98 Å². The van der Waals surface area contributed by atoms with Gasteiger partial charge in [-0.25, -0.2) is 14.4 Å². The summed E-state index contributed by atoms with van der Waals surface area (Å²) in [5.41, 5.74) is -0.933. The molecule has 0 fully saturated rings. The Labute approximate surface area is 105 Å². The molecule has 0 radical (unpaired) electrons. The van der Waals surface area contributed by atoms with Gasteiger partial charge in [0.1, 0.15) is 0 Å². The molecule has 7 heteroatoms. The van der Waals surface area contributed by atoms with Crippen LogP contribution in [-0.2, 0) is 0 Å². The first kappa shape index (κ1) is 12.5. The van der Waals surface area contributed by atoms with Crippen molar-refractivity contribution in [3.05, 3.63) is 41.1 Å². The Kier molecular flexibility index (Phi) is 2.88. The van der Waals surface area contributed by atoms with E-state index in [-0.39, 0.29) is 16.5 Å². The third-order valence-corrected chi connectivity index (χ3v) is 2.57. The zero-order valence-corrected chi connectivity index (χ0v) is 9.32. The summed E-state index contributed by atoms with van der Waals surface area (Å²) in [6, 6.07) is 3.28. The summed E-state index contributed by atoms with van der Waals surface area (Å²) in [4.78, 5) is 36.9. The van der Waals surface area contributed by atoms with Gasteiger partial charge in [-0.2, -0.15) is 0 Å². The molecule has 0 aliphatic carbocycles. The van der Waals surface area contributed by atoms with Crippen molar-refractivity contribution in [2.45, 2.75) is 0 Å². The van der Waals surface area contributed by atoms with Gasteiger partial charge >= 0.3 is 17.9 Å². The molecule has 0 spiro atoms. The molecule has 0 aliphatic heterocycles. The lowest BCUT2D eigenvalue weighted by molar-refractivity contribution is 0.0652. The van der Waals surface area contributed by atoms with Crippen LogP contribution in [0.25, 0.3) is 10.9 Å². The lowest BCUT2D eigenvalue weighted by Gasteiger charge is -2.06. The van der Waals surface area contributed by atoms with Gasteiger partial charge in [-0.1, -0.05) is 0 Å². The Bertz CT molecular complexity index is 721. The lowest BCUT2D eigenvalue weighted by atomic mass is 10.0. The summed E-state index contributed by atoms with van der Waals surface area (Å²) in [5.74, 6) is -4.10. The van der Waals surface area contributed by atoms with E-state index in [1.165, 1.54) is 12.3 Å². The summed E-state index contributed by atoms with van der Waals surface area (Å²) in [6.45, 7) is 0. The van der Waals surface area contributed by atoms with Gasteiger partial charge in [-0.05, 0) is 18.2 Å². The molecule has 2 aromatic rings. The zero-order valence-electron chi connectivity index (χ0n) is 9.32. The first-order valence-corrected chi connectivity index (χ1v) is 5.04. The van der Waals surface area contributed by atoms with Gasteiger partial charge < -0.3 is 15.3 Å². The van der Waals surface area contributed by atoms with E-state index in [2.05, 4.69) is 4.98 Å². The molecular formula is C12H7NO6. The van der Waals surface area contributed by atoms with Crippen LogP contribution >= 0.6 is 0 Å². The molecule has 19 heavy (non-hydrogen) atoms. The number of benzene rings is 1. The average molecular weight is 261 g/mol. The molecule has 1 aromatic carbocycles. The highest BCUT2D eigenvalue weighted by molar-refractivity contribution is 6.09. The van der Waals surface area contributed by atoms with E-state index >= 15 is 0 Å². The Morgan fingerprint density at radius 1 is 0.842 bits per heavy atom. The van der Waals surface area contributed by atoms with E-state index in [9.17, 15) is 14.4 Å². The number of hydrogen-bond acceptors (Lipinski definition) is 4. The van der Waals surface area contributed by atoms with Gasteiger partial charge in [0, 0.05) is 11.6 Å². The number of aromatic carboxylic acids is 3. The Balaban J connectivity index is 2.89. The number of carboxylic acids is 3. The van der Waals surface area contributed by atoms with Gasteiger partial charge in [-0.15, -0.1) is 0 Å². The first-order chi connectivity index (χ1) is 8.91. The van der Waals surface area contributed by atoms with Crippen LogP contribution in [0.15, 0.2) is 24.4 Å². The van der Waals surface area contributed by atoms with Crippen molar-refractivity contribution in [2.75, 3.05) is 0 Å². The summed E-state index contributed by atoms with van der Waals surface area (Å²) < 4.78 is 0. The number of pyridine rings is 1. The van der Waals surface area contributed by atoms with Crippen molar-refractivity contribution < 1.29 is 29.7 Å². The van der Waals surface area contributed by atoms with Crippen molar-refractivity contribution in [3.63, 3.8) is 0 Å². The average Bonchev–Trinajstić information content (AvgIpc) is 2.35. The van der Waals surface area contributed by atoms with Crippen LogP contribution in [0.5, 0.6) is 0 Å². The maximum Gasteiger partial charge on any atom is 0.336 e. The summed E-state index contributed by atoms with van der Waals surface area (Å²) in [5, 5.41) is 27.0. The molecule has 3 N–H and O–H groups in total. The van der Waals surface area contributed by atoms with E-state index in [4.69, 9.17) is 15.3 Å². The van der Waals surface area contributed by atoms with Crippen molar-refractivity contribution in [3.8, 4) is 0 Å². The number of nitrogens with zero attached hydrogens (tertiary/aromatic N) is 1. The van der Waals surface area contributed by atoms with E-state index in [0.29, 0.717) is 0 Å². The monoisotopic (exact) mass is 261 g/mol. The molecule has 0 atom stereocenters. The van der Waals surface area contributed by atoms with Crippen LogP contribution in [-0.4, -0.2) is 38.2 Å². The molecule has 0 unspecified atom stereocenters. The number of aromatic nitrogens is 1. The van der Waals surface area contributed by atoms with Crippen LogP contribution in [0, 0.1) is 0 Å². The highest BCUT2D eigenvalue weighted by atomic mass is 16.4. The van der Waals surface area contributed by atoms with Crippen LogP contribution in [0.4, 0.5) is 0 Å². The molecule has 0 saturated heterocycles. The van der Waals surface area contributed by atoms with Gasteiger partial charge in [-0.3, -0.25) is 4.98 Å². The maximum atomic E-state index is 11.0. The minimum Gasteiger partial charge on any atom is -0.478 e. The molecule has 0 saturated carbocycles. The highest BCUT2D eigenvalue weighted by Gasteiger charge is 2.19. The van der Waals surface area contributed by atoms with Gasteiger partial charge in [0.05, 0.1) is 22.2 Å². The minimum atomic E-state index is -1.44. The quantitative estimate of drug-likeness (QED) is 0.760. The second-order valence-electron chi connectivity index (χ2n) is 3.69. The van der Waals surface area contributed by atoms with Crippen LogP contribution < -0.4 is 0 Å². The molecule has 1 heterocycles. The van der Waals surface area contributed by atoms with Gasteiger partial charge in [0.15, 0.2) is 0 Å². The normalized spacial score (nSPS) is 10.3. The van der Waals surface area contributed by atoms with E-state index in [1.54, 1.807) is 0 Å². The Hall–Kier alpha value is -2.96. The first-order valence-electron chi connectivity index (χ1n) is 5.04. The molecule has 0 aliphatic rings. The van der Waals surface area contributed by atoms with Crippen LogP contribution in [0.2, 0.25) is 0 Å². The van der Waals surface area contributed by atoms with Crippen molar-refractivity contribution in [1.29, 1.82) is 0 Å². The SMILES string of the molecule is O=C(O)c1cc2nccc(C(=O)O)c2cc1C(=O)O. The fourth-order valence-electron chi connectivity index (χ4n) is 1.73. The molecule has 96 valence electrons. The number of rotatable bonds is 3. The molecule has 0 bridgehead atoms. The summed E-state index contributed by atoms with van der Waals surface area (Å²) >= 11 is 0. The number of carbonyl (C=O) groups is 3. The Morgan fingerprint density at radius 2 is 1.37 bits per heavy atom. The van der Waals surface area contributed by atoms with E-state index in [1.807, 2.05) is 0 Å². The van der Waals surface area contributed by atoms with Crippen LogP contribution in [0.3, 0.4) is 0 Å². The highest BCUT2D eigenvalue weighted by Crippen LogP contribution is 2.22. The second kappa shape index (κ2) is 4.37. The molecule has 7 nitrogen and oxygen atoms in total. The van der Waals surface area contributed by atoms with Crippen molar-refractivity contribution in [2.24, 2.45) is 0 Å². The fourth-order valence-corrected chi connectivity index (χ4v) is 1.73. The fraction of sp³-hybridized carbons (Fsp3) is 0. The minimum absolute atomic E-state index is 0.0809. The molecule has 1 aromatic heterocycles. The Morgan fingerprint density at radius 3 is 1.89 bits per heavy atom. The topological polar surface area (TPSA) is 125 Å². The molecule has 0 amide bonds. The third-order valence-electron chi connectivity index (χ3n) is 2.57. The third kappa shape index (κ3) is 2.08. The predicted molar refractivity (Wildman–Crippen MR) is 62.6 cm³/mol. The molecular weight excluding hydrogens is 254 g/mol.